The second kappa shape index (κ2) is 6.44. The highest BCUT2D eigenvalue weighted by atomic mass is 15.2. The van der Waals surface area contributed by atoms with Gasteiger partial charge in [-0.3, -0.25) is 9.58 Å². The molecule has 22 heavy (non-hydrogen) atoms. The van der Waals surface area contributed by atoms with E-state index in [-0.39, 0.29) is 0 Å². The lowest BCUT2D eigenvalue weighted by molar-refractivity contribution is 0.279. The first kappa shape index (κ1) is 15.0. The van der Waals surface area contributed by atoms with Crippen LogP contribution in [0.25, 0.3) is 0 Å². The van der Waals surface area contributed by atoms with Gasteiger partial charge in [0.2, 0.25) is 0 Å². The Morgan fingerprint density at radius 1 is 1.23 bits per heavy atom. The van der Waals surface area contributed by atoms with Crippen molar-refractivity contribution in [3.8, 4) is 0 Å². The van der Waals surface area contributed by atoms with Gasteiger partial charge in [0, 0.05) is 64.0 Å². The molecule has 0 spiro atoms. The molecule has 2 aromatic rings. The van der Waals surface area contributed by atoms with Gasteiger partial charge in [-0.15, -0.1) is 0 Å². The molecule has 0 radical (unpaired) electrons. The molecule has 0 saturated heterocycles. The molecular formula is C16H24N6. The molecule has 1 aliphatic rings. The fourth-order valence-electron chi connectivity index (χ4n) is 3.00. The van der Waals surface area contributed by atoms with E-state index in [9.17, 15) is 0 Å². The second-order valence-corrected chi connectivity index (χ2v) is 5.94. The topological polar surface area (TPSA) is 50.1 Å². The summed E-state index contributed by atoms with van der Waals surface area (Å²) in [5.74, 6) is 1.09. The first-order valence-electron chi connectivity index (χ1n) is 7.91. The van der Waals surface area contributed by atoms with Gasteiger partial charge >= 0.3 is 0 Å². The Balaban J connectivity index is 1.74. The first-order chi connectivity index (χ1) is 10.7. The summed E-state index contributed by atoms with van der Waals surface area (Å²) in [6.07, 6.45) is 7.75. The lowest BCUT2D eigenvalue weighted by atomic mass is 10.1. The van der Waals surface area contributed by atoms with Crippen LogP contribution in [0.4, 0.5) is 5.82 Å². The van der Waals surface area contributed by atoms with Crippen LogP contribution in [0.2, 0.25) is 0 Å². The summed E-state index contributed by atoms with van der Waals surface area (Å²) in [6.45, 7) is 6.14. The van der Waals surface area contributed by atoms with Gasteiger partial charge in [-0.2, -0.15) is 5.10 Å². The van der Waals surface area contributed by atoms with Crippen molar-refractivity contribution in [3.63, 3.8) is 0 Å². The summed E-state index contributed by atoms with van der Waals surface area (Å²) in [5.41, 5.74) is 3.80. The van der Waals surface area contributed by atoms with Crippen LogP contribution in [0, 0.1) is 0 Å². The monoisotopic (exact) mass is 300 g/mol. The summed E-state index contributed by atoms with van der Waals surface area (Å²) in [6, 6.07) is 0. The number of hydrogen-bond acceptors (Lipinski definition) is 5. The van der Waals surface area contributed by atoms with Crippen molar-refractivity contribution in [1.82, 2.24) is 24.6 Å². The number of aryl methyl sites for hydroxylation is 1. The SMILES string of the molecule is CCN(C)c1ncnc2c1CCN(Cc1cnn(C)c1)CC2. The number of fused-ring (bicyclic) bond motifs is 1. The molecule has 6 heteroatoms. The zero-order valence-electron chi connectivity index (χ0n) is 13.7. The molecule has 1 aliphatic heterocycles. The molecule has 0 fully saturated rings. The molecule has 2 aromatic heterocycles. The Labute approximate surface area is 131 Å². The third-order valence-electron chi connectivity index (χ3n) is 4.36. The van der Waals surface area contributed by atoms with Crippen LogP contribution >= 0.6 is 0 Å². The van der Waals surface area contributed by atoms with Gasteiger partial charge in [-0.1, -0.05) is 0 Å². The van der Waals surface area contributed by atoms with Crippen LogP contribution in [0.5, 0.6) is 0 Å². The summed E-state index contributed by atoms with van der Waals surface area (Å²) in [5, 5.41) is 4.25. The number of rotatable bonds is 4. The maximum atomic E-state index is 4.52. The maximum absolute atomic E-state index is 4.52. The Kier molecular flexibility index (Phi) is 4.38. The van der Waals surface area contributed by atoms with Gasteiger partial charge in [0.15, 0.2) is 0 Å². The molecule has 3 rings (SSSR count). The Bertz CT molecular complexity index is 635. The molecule has 0 aromatic carbocycles. The van der Waals surface area contributed by atoms with Gasteiger partial charge in [0.25, 0.3) is 0 Å². The highest BCUT2D eigenvalue weighted by Gasteiger charge is 2.20. The molecule has 0 saturated carbocycles. The van der Waals surface area contributed by atoms with E-state index in [1.165, 1.54) is 16.8 Å². The van der Waals surface area contributed by atoms with Crippen LogP contribution in [-0.2, 0) is 26.4 Å². The molecule has 0 amide bonds. The second-order valence-electron chi connectivity index (χ2n) is 5.94. The zero-order chi connectivity index (χ0) is 15.5. The van der Waals surface area contributed by atoms with E-state index in [0.29, 0.717) is 0 Å². The normalized spacial score (nSPS) is 15.4. The zero-order valence-corrected chi connectivity index (χ0v) is 13.7. The van der Waals surface area contributed by atoms with Crippen molar-refractivity contribution in [2.75, 3.05) is 31.6 Å². The van der Waals surface area contributed by atoms with Crippen molar-refractivity contribution >= 4 is 5.82 Å². The van der Waals surface area contributed by atoms with Crippen molar-refractivity contribution < 1.29 is 0 Å². The fraction of sp³-hybridized carbons (Fsp3) is 0.562. The van der Waals surface area contributed by atoms with E-state index in [4.69, 9.17) is 0 Å². The fourth-order valence-corrected chi connectivity index (χ4v) is 3.00. The number of aromatic nitrogens is 4. The average molecular weight is 300 g/mol. The Morgan fingerprint density at radius 3 is 2.77 bits per heavy atom. The minimum Gasteiger partial charge on any atom is -0.360 e. The van der Waals surface area contributed by atoms with Crippen molar-refractivity contribution in [3.05, 3.63) is 35.5 Å². The average Bonchev–Trinajstić information content (AvgIpc) is 2.82. The largest absolute Gasteiger partial charge is 0.360 e. The van der Waals surface area contributed by atoms with Crippen molar-refractivity contribution in [2.45, 2.75) is 26.3 Å². The van der Waals surface area contributed by atoms with Crippen molar-refractivity contribution in [2.24, 2.45) is 7.05 Å². The minimum atomic E-state index is 0.953. The predicted molar refractivity (Wildman–Crippen MR) is 86.9 cm³/mol. The van der Waals surface area contributed by atoms with E-state index >= 15 is 0 Å². The molecule has 0 aliphatic carbocycles. The summed E-state index contributed by atoms with van der Waals surface area (Å²) < 4.78 is 1.86. The molecule has 0 unspecified atom stereocenters. The molecule has 3 heterocycles. The lowest BCUT2D eigenvalue weighted by Gasteiger charge is -2.20. The standard InChI is InChI=1S/C16H24N6/c1-4-20(2)16-14-5-7-22(8-6-15(14)17-12-18-16)11-13-9-19-21(3)10-13/h9-10,12H,4-8,11H2,1-3H3. The van der Waals surface area contributed by atoms with E-state index in [1.807, 2.05) is 17.9 Å². The lowest BCUT2D eigenvalue weighted by Crippen LogP contribution is -2.26. The summed E-state index contributed by atoms with van der Waals surface area (Å²) >= 11 is 0. The molecule has 0 N–H and O–H groups in total. The van der Waals surface area contributed by atoms with Gasteiger partial charge in [0.1, 0.15) is 12.1 Å². The third-order valence-corrected chi connectivity index (χ3v) is 4.36. The van der Waals surface area contributed by atoms with Crippen LogP contribution in [0.3, 0.4) is 0 Å². The smallest absolute Gasteiger partial charge is 0.135 e. The van der Waals surface area contributed by atoms with E-state index in [1.54, 1.807) is 6.33 Å². The highest BCUT2D eigenvalue weighted by molar-refractivity contribution is 5.48. The van der Waals surface area contributed by atoms with Gasteiger partial charge < -0.3 is 4.90 Å². The van der Waals surface area contributed by atoms with E-state index in [0.717, 1.165) is 44.8 Å². The Morgan fingerprint density at radius 2 is 2.05 bits per heavy atom. The quantitative estimate of drug-likeness (QED) is 0.851. The van der Waals surface area contributed by atoms with Gasteiger partial charge in [0.05, 0.1) is 11.9 Å². The van der Waals surface area contributed by atoms with Gasteiger partial charge in [-0.25, -0.2) is 9.97 Å². The molecular weight excluding hydrogens is 276 g/mol. The first-order valence-corrected chi connectivity index (χ1v) is 7.91. The third kappa shape index (κ3) is 3.11. The Hall–Kier alpha value is -1.95. The highest BCUT2D eigenvalue weighted by Crippen LogP contribution is 2.23. The van der Waals surface area contributed by atoms with Gasteiger partial charge in [-0.05, 0) is 13.3 Å². The van der Waals surface area contributed by atoms with Crippen LogP contribution < -0.4 is 4.90 Å². The molecule has 0 bridgehead atoms. The molecule has 6 nitrogen and oxygen atoms in total. The number of anilines is 1. The van der Waals surface area contributed by atoms with Crippen LogP contribution in [0.1, 0.15) is 23.7 Å². The maximum Gasteiger partial charge on any atom is 0.135 e. The van der Waals surface area contributed by atoms with E-state index < -0.39 is 0 Å². The minimum absolute atomic E-state index is 0.953. The van der Waals surface area contributed by atoms with Crippen LogP contribution in [0.15, 0.2) is 18.7 Å². The summed E-state index contributed by atoms with van der Waals surface area (Å²) in [4.78, 5) is 13.7. The predicted octanol–water partition coefficient (Wildman–Crippen LogP) is 1.27. The molecule has 118 valence electrons. The number of hydrogen-bond donors (Lipinski definition) is 0. The molecule has 0 atom stereocenters. The van der Waals surface area contributed by atoms with Crippen LogP contribution in [-0.4, -0.2) is 51.3 Å². The van der Waals surface area contributed by atoms with Crippen molar-refractivity contribution in [1.29, 1.82) is 0 Å². The van der Waals surface area contributed by atoms with E-state index in [2.05, 4.69) is 45.0 Å². The number of nitrogens with zero attached hydrogens (tertiary/aromatic N) is 6. The summed E-state index contributed by atoms with van der Waals surface area (Å²) in [7, 11) is 4.06.